The largest absolute Gasteiger partial charge is 0.337 e. The number of hydrogen-bond donors (Lipinski definition) is 1. The molecular weight excluding hydrogens is 378 g/mol. The molecule has 1 aromatic carbocycles. The van der Waals surface area contributed by atoms with Crippen molar-refractivity contribution in [3.8, 4) is 0 Å². The average Bonchev–Trinajstić information content (AvgIpc) is 3.02. The fourth-order valence-corrected chi connectivity index (χ4v) is 4.14. The zero-order valence-electron chi connectivity index (χ0n) is 14.1. The lowest BCUT2D eigenvalue weighted by atomic mass is 9.96. The number of nitrogens with zero attached hydrogens (tertiary/aromatic N) is 3. The van der Waals surface area contributed by atoms with Crippen LogP contribution in [0.15, 0.2) is 30.6 Å². The number of aromatic nitrogens is 2. The van der Waals surface area contributed by atoms with E-state index in [9.17, 15) is 9.18 Å². The van der Waals surface area contributed by atoms with Crippen molar-refractivity contribution >= 4 is 29.2 Å². The van der Waals surface area contributed by atoms with Crippen molar-refractivity contribution in [1.82, 2.24) is 20.0 Å². The molecule has 2 heterocycles. The van der Waals surface area contributed by atoms with Crippen molar-refractivity contribution in [3.05, 3.63) is 52.0 Å². The average molecular weight is 397 g/mol. The van der Waals surface area contributed by atoms with Gasteiger partial charge in [0.2, 0.25) is 0 Å². The smallest absolute Gasteiger partial charge is 0.317 e. The molecule has 2 aliphatic rings. The van der Waals surface area contributed by atoms with E-state index >= 15 is 0 Å². The Morgan fingerprint density at radius 3 is 2.85 bits per heavy atom. The number of carbonyl (C=O) groups is 1. The van der Waals surface area contributed by atoms with Gasteiger partial charge in [-0.25, -0.2) is 9.18 Å². The van der Waals surface area contributed by atoms with Crippen LogP contribution in [0, 0.1) is 5.82 Å². The van der Waals surface area contributed by atoms with E-state index in [1.165, 1.54) is 12.1 Å². The van der Waals surface area contributed by atoms with Crippen LogP contribution in [-0.2, 0) is 5.41 Å². The van der Waals surface area contributed by atoms with Crippen LogP contribution in [-0.4, -0.2) is 40.3 Å². The van der Waals surface area contributed by atoms with Gasteiger partial charge in [0.05, 0.1) is 17.3 Å². The summed E-state index contributed by atoms with van der Waals surface area (Å²) in [7, 11) is 0. The first-order valence-corrected chi connectivity index (χ1v) is 9.40. The lowest BCUT2D eigenvalue weighted by Gasteiger charge is -2.22. The third kappa shape index (κ3) is 3.40. The minimum Gasteiger partial charge on any atom is -0.337 e. The maximum atomic E-state index is 13.3. The van der Waals surface area contributed by atoms with Gasteiger partial charge in [-0.1, -0.05) is 29.3 Å². The number of amides is 2. The fourth-order valence-electron chi connectivity index (χ4n) is 3.63. The minimum atomic E-state index is -0.347. The second-order valence-corrected chi connectivity index (χ2v) is 7.93. The Morgan fingerprint density at radius 2 is 2.19 bits per heavy atom. The summed E-state index contributed by atoms with van der Waals surface area (Å²) < 4.78 is 15.1. The SMILES string of the molecule is O=C(NCC1(c2ccc(F)cc2Cl)CC1)N1CCC(n2cc(Cl)cn2)C1. The molecule has 2 amide bonds. The van der Waals surface area contributed by atoms with Gasteiger partial charge in [0.25, 0.3) is 0 Å². The first-order valence-electron chi connectivity index (χ1n) is 8.65. The van der Waals surface area contributed by atoms with Crippen LogP contribution in [0.25, 0.3) is 0 Å². The lowest BCUT2D eigenvalue weighted by Crippen LogP contribution is -2.42. The van der Waals surface area contributed by atoms with Crippen LogP contribution in [0.3, 0.4) is 0 Å². The molecule has 1 atom stereocenters. The van der Waals surface area contributed by atoms with Gasteiger partial charge in [0.1, 0.15) is 5.82 Å². The maximum Gasteiger partial charge on any atom is 0.317 e. The van der Waals surface area contributed by atoms with Crippen molar-refractivity contribution in [3.63, 3.8) is 0 Å². The van der Waals surface area contributed by atoms with Gasteiger partial charge in [-0.2, -0.15) is 5.10 Å². The zero-order valence-corrected chi connectivity index (χ0v) is 15.6. The third-order valence-corrected chi connectivity index (χ3v) is 5.84. The standard InChI is InChI=1S/C18H19Cl2FN4O/c19-12-8-23-25(9-12)14-3-6-24(10-14)17(26)22-11-18(4-5-18)15-2-1-13(21)7-16(15)20/h1-2,7-9,14H,3-6,10-11H2,(H,22,26). The van der Waals surface area contributed by atoms with E-state index in [2.05, 4.69) is 10.4 Å². The molecule has 1 aromatic heterocycles. The van der Waals surface area contributed by atoms with Crippen LogP contribution < -0.4 is 5.32 Å². The van der Waals surface area contributed by atoms with E-state index in [1.807, 2.05) is 4.68 Å². The van der Waals surface area contributed by atoms with Gasteiger partial charge >= 0.3 is 6.03 Å². The van der Waals surface area contributed by atoms with Crippen LogP contribution in [0.5, 0.6) is 0 Å². The Morgan fingerprint density at radius 1 is 1.38 bits per heavy atom. The summed E-state index contributed by atoms with van der Waals surface area (Å²) in [6, 6.07) is 4.54. The second-order valence-electron chi connectivity index (χ2n) is 7.09. The van der Waals surface area contributed by atoms with Gasteiger partial charge in [0.15, 0.2) is 0 Å². The third-order valence-electron chi connectivity index (χ3n) is 5.33. The molecule has 8 heteroatoms. The van der Waals surface area contributed by atoms with Crippen molar-refractivity contribution < 1.29 is 9.18 Å². The molecular formula is C18H19Cl2FN4O. The van der Waals surface area contributed by atoms with Crippen LogP contribution in [0.4, 0.5) is 9.18 Å². The highest BCUT2D eigenvalue weighted by Crippen LogP contribution is 2.50. The van der Waals surface area contributed by atoms with E-state index < -0.39 is 0 Å². The van der Waals surface area contributed by atoms with E-state index in [0.29, 0.717) is 29.7 Å². The number of rotatable bonds is 4. The lowest BCUT2D eigenvalue weighted by molar-refractivity contribution is 0.205. The summed E-state index contributed by atoms with van der Waals surface area (Å²) in [5.74, 6) is -0.347. The molecule has 0 spiro atoms. The quantitative estimate of drug-likeness (QED) is 0.848. The summed E-state index contributed by atoms with van der Waals surface area (Å²) in [5.41, 5.74) is 0.737. The molecule has 1 aliphatic heterocycles. The molecule has 0 radical (unpaired) electrons. The molecule has 1 N–H and O–H groups in total. The number of nitrogens with one attached hydrogen (secondary N) is 1. The number of halogens is 3. The number of likely N-dealkylation sites (tertiary alicyclic amines) is 1. The highest BCUT2D eigenvalue weighted by Gasteiger charge is 2.46. The summed E-state index contributed by atoms with van der Waals surface area (Å²) >= 11 is 12.1. The summed E-state index contributed by atoms with van der Waals surface area (Å²) in [6.45, 7) is 1.79. The van der Waals surface area contributed by atoms with Crippen LogP contribution in [0.1, 0.15) is 30.9 Å². The van der Waals surface area contributed by atoms with Crippen molar-refractivity contribution in [2.45, 2.75) is 30.7 Å². The van der Waals surface area contributed by atoms with Gasteiger partial charge in [-0.15, -0.1) is 0 Å². The fraction of sp³-hybridized carbons (Fsp3) is 0.444. The molecule has 26 heavy (non-hydrogen) atoms. The van der Waals surface area contributed by atoms with E-state index in [0.717, 1.165) is 24.8 Å². The van der Waals surface area contributed by atoms with Crippen molar-refractivity contribution in [2.75, 3.05) is 19.6 Å². The molecule has 5 nitrogen and oxygen atoms in total. The molecule has 2 aromatic rings. The van der Waals surface area contributed by atoms with Gasteiger partial charge in [-0.3, -0.25) is 4.68 Å². The summed E-state index contributed by atoms with van der Waals surface area (Å²) in [6.07, 6.45) is 6.11. The number of benzene rings is 1. The summed E-state index contributed by atoms with van der Waals surface area (Å²) in [5, 5.41) is 8.27. The normalized spacial score (nSPS) is 21.0. The van der Waals surface area contributed by atoms with E-state index in [-0.39, 0.29) is 23.3 Å². The molecule has 2 fully saturated rings. The predicted molar refractivity (Wildman–Crippen MR) is 98.2 cm³/mol. The Kier molecular flexibility index (Phi) is 4.57. The molecule has 1 saturated heterocycles. The highest BCUT2D eigenvalue weighted by atomic mass is 35.5. The minimum absolute atomic E-state index is 0.0877. The number of carbonyl (C=O) groups excluding carboxylic acids is 1. The summed E-state index contributed by atoms with van der Waals surface area (Å²) in [4.78, 5) is 14.3. The van der Waals surface area contributed by atoms with Crippen molar-refractivity contribution in [2.24, 2.45) is 0 Å². The first-order chi connectivity index (χ1) is 12.5. The number of hydrogen-bond acceptors (Lipinski definition) is 2. The highest BCUT2D eigenvalue weighted by molar-refractivity contribution is 6.31. The monoisotopic (exact) mass is 396 g/mol. The Hall–Kier alpha value is -1.79. The van der Waals surface area contributed by atoms with Crippen LogP contribution in [0.2, 0.25) is 10.0 Å². The molecule has 4 rings (SSSR count). The van der Waals surface area contributed by atoms with Gasteiger partial charge in [0, 0.05) is 36.3 Å². The van der Waals surface area contributed by atoms with Gasteiger partial charge in [-0.05, 0) is 37.0 Å². The predicted octanol–water partition coefficient (Wildman–Crippen LogP) is 4.02. The Labute approximate surface area is 161 Å². The Bertz CT molecular complexity index is 836. The first kappa shape index (κ1) is 17.6. The molecule has 138 valence electrons. The maximum absolute atomic E-state index is 13.3. The van der Waals surface area contributed by atoms with E-state index in [1.54, 1.807) is 23.4 Å². The number of urea groups is 1. The molecule has 0 bridgehead atoms. The topological polar surface area (TPSA) is 50.2 Å². The van der Waals surface area contributed by atoms with Crippen LogP contribution >= 0.6 is 23.2 Å². The van der Waals surface area contributed by atoms with E-state index in [4.69, 9.17) is 23.2 Å². The molecule has 1 aliphatic carbocycles. The van der Waals surface area contributed by atoms with Gasteiger partial charge < -0.3 is 10.2 Å². The Balaban J connectivity index is 1.36. The zero-order chi connectivity index (χ0) is 18.3. The van der Waals surface area contributed by atoms with Crippen molar-refractivity contribution in [1.29, 1.82) is 0 Å². The molecule has 1 unspecified atom stereocenters. The molecule has 1 saturated carbocycles. The second kappa shape index (κ2) is 6.74.